The van der Waals surface area contributed by atoms with E-state index in [-0.39, 0.29) is 23.3 Å². The number of rotatable bonds is 6. The summed E-state index contributed by atoms with van der Waals surface area (Å²) in [5.74, 6) is -0.0663. The fourth-order valence-electron chi connectivity index (χ4n) is 3.36. The van der Waals surface area contributed by atoms with Crippen molar-refractivity contribution in [3.63, 3.8) is 0 Å². The van der Waals surface area contributed by atoms with E-state index in [1.165, 1.54) is 11.8 Å². The first-order valence-electron chi connectivity index (χ1n) is 9.57. The molecule has 31 heavy (non-hydrogen) atoms. The standard InChI is InChI=1S/C20H22F3N3O3S2/c1-30-18-17(3-2-10-24-18)19(27)26-11-8-14(9-12-26)13-25-31(28,29)16-6-4-15(5-7-16)20(21,22)23/h2-7,10,14,25H,8-9,11-13H2,1H3. The van der Waals surface area contributed by atoms with E-state index >= 15 is 0 Å². The number of nitrogens with one attached hydrogen (secondary N) is 1. The number of alkyl halides is 3. The van der Waals surface area contributed by atoms with Crippen LogP contribution in [0.15, 0.2) is 52.5 Å². The molecule has 0 atom stereocenters. The van der Waals surface area contributed by atoms with Crippen LogP contribution in [0.3, 0.4) is 0 Å². The van der Waals surface area contributed by atoms with Gasteiger partial charge in [-0.25, -0.2) is 18.1 Å². The third-order valence-electron chi connectivity index (χ3n) is 5.15. The summed E-state index contributed by atoms with van der Waals surface area (Å²) < 4.78 is 65.2. The summed E-state index contributed by atoms with van der Waals surface area (Å²) in [6, 6.07) is 6.86. The van der Waals surface area contributed by atoms with Crippen molar-refractivity contribution in [2.24, 2.45) is 5.92 Å². The highest BCUT2D eigenvalue weighted by molar-refractivity contribution is 7.98. The van der Waals surface area contributed by atoms with Crippen molar-refractivity contribution in [3.8, 4) is 0 Å². The van der Waals surface area contributed by atoms with Gasteiger partial charge >= 0.3 is 6.18 Å². The summed E-state index contributed by atoms with van der Waals surface area (Å²) in [6.07, 6.45) is 0.214. The number of thioether (sulfide) groups is 1. The fraction of sp³-hybridized carbons (Fsp3) is 0.400. The normalized spacial score (nSPS) is 15.8. The Labute approximate surface area is 183 Å². The van der Waals surface area contributed by atoms with E-state index in [4.69, 9.17) is 0 Å². The van der Waals surface area contributed by atoms with E-state index in [0.29, 0.717) is 36.5 Å². The molecule has 1 amide bonds. The second-order valence-corrected chi connectivity index (χ2v) is 9.73. The molecule has 2 aromatic rings. The van der Waals surface area contributed by atoms with Gasteiger partial charge in [0.2, 0.25) is 10.0 Å². The maximum absolute atomic E-state index is 12.8. The SMILES string of the molecule is CSc1ncccc1C(=O)N1CCC(CNS(=O)(=O)c2ccc(C(F)(F)F)cc2)CC1. The van der Waals surface area contributed by atoms with Crippen LogP contribution in [0.5, 0.6) is 0 Å². The number of carbonyl (C=O) groups excluding carboxylic acids is 1. The first-order valence-corrected chi connectivity index (χ1v) is 12.3. The number of nitrogens with zero attached hydrogens (tertiary/aromatic N) is 2. The van der Waals surface area contributed by atoms with Gasteiger partial charge in [0.15, 0.2) is 0 Å². The minimum atomic E-state index is -4.52. The summed E-state index contributed by atoms with van der Waals surface area (Å²) in [4.78, 5) is 18.5. The number of likely N-dealkylation sites (tertiary alicyclic amines) is 1. The number of benzene rings is 1. The third kappa shape index (κ3) is 5.78. The van der Waals surface area contributed by atoms with E-state index in [0.717, 1.165) is 24.3 Å². The Morgan fingerprint density at radius 1 is 1.19 bits per heavy atom. The van der Waals surface area contributed by atoms with Gasteiger partial charge in [-0.15, -0.1) is 11.8 Å². The monoisotopic (exact) mass is 473 g/mol. The predicted molar refractivity (Wildman–Crippen MR) is 111 cm³/mol. The zero-order chi connectivity index (χ0) is 22.6. The molecule has 3 rings (SSSR count). The smallest absolute Gasteiger partial charge is 0.339 e. The molecule has 1 N–H and O–H groups in total. The molecule has 1 aromatic heterocycles. The van der Waals surface area contributed by atoms with E-state index in [2.05, 4.69) is 9.71 Å². The second kappa shape index (κ2) is 9.58. The Morgan fingerprint density at radius 2 is 1.84 bits per heavy atom. The molecule has 0 spiro atoms. The predicted octanol–water partition coefficient (Wildman–Crippen LogP) is 3.65. The lowest BCUT2D eigenvalue weighted by Gasteiger charge is -2.32. The van der Waals surface area contributed by atoms with Crippen molar-refractivity contribution in [1.82, 2.24) is 14.6 Å². The number of hydrogen-bond donors (Lipinski definition) is 1. The van der Waals surface area contributed by atoms with Gasteiger partial charge in [0.1, 0.15) is 5.03 Å². The lowest BCUT2D eigenvalue weighted by atomic mass is 9.97. The van der Waals surface area contributed by atoms with Gasteiger partial charge in [0.05, 0.1) is 16.0 Å². The molecular formula is C20H22F3N3O3S2. The molecule has 1 fully saturated rings. The van der Waals surface area contributed by atoms with Gasteiger partial charge in [0.25, 0.3) is 5.91 Å². The highest BCUT2D eigenvalue weighted by Gasteiger charge is 2.31. The zero-order valence-electron chi connectivity index (χ0n) is 16.7. The minimum Gasteiger partial charge on any atom is -0.339 e. The van der Waals surface area contributed by atoms with E-state index in [1.54, 1.807) is 23.2 Å². The molecule has 0 aliphatic carbocycles. The van der Waals surface area contributed by atoms with Gasteiger partial charge < -0.3 is 4.90 Å². The maximum Gasteiger partial charge on any atom is 0.416 e. The average Bonchev–Trinajstić information content (AvgIpc) is 2.77. The molecule has 1 aliphatic heterocycles. The summed E-state index contributed by atoms with van der Waals surface area (Å²) >= 11 is 1.40. The van der Waals surface area contributed by atoms with Crippen LogP contribution in [0.4, 0.5) is 13.2 Å². The van der Waals surface area contributed by atoms with Crippen LogP contribution in [0, 0.1) is 5.92 Å². The van der Waals surface area contributed by atoms with Crippen LogP contribution in [-0.4, -0.2) is 50.1 Å². The van der Waals surface area contributed by atoms with E-state index in [9.17, 15) is 26.4 Å². The number of piperidine rings is 1. The molecule has 1 aromatic carbocycles. The lowest BCUT2D eigenvalue weighted by Crippen LogP contribution is -2.41. The molecule has 0 bridgehead atoms. The molecular weight excluding hydrogens is 451 g/mol. The number of amides is 1. The van der Waals surface area contributed by atoms with Crippen LogP contribution >= 0.6 is 11.8 Å². The number of sulfonamides is 1. The molecule has 6 nitrogen and oxygen atoms in total. The van der Waals surface area contributed by atoms with Crippen LogP contribution < -0.4 is 4.72 Å². The lowest BCUT2D eigenvalue weighted by molar-refractivity contribution is -0.137. The van der Waals surface area contributed by atoms with Gasteiger partial charge in [0, 0.05) is 25.8 Å². The zero-order valence-corrected chi connectivity index (χ0v) is 18.4. The summed E-state index contributed by atoms with van der Waals surface area (Å²) in [6.45, 7) is 1.15. The molecule has 1 saturated heterocycles. The quantitative estimate of drug-likeness (QED) is 0.648. The summed E-state index contributed by atoms with van der Waals surface area (Å²) in [5, 5.41) is 0.666. The molecule has 168 valence electrons. The van der Waals surface area contributed by atoms with Crippen molar-refractivity contribution in [2.45, 2.75) is 28.9 Å². The van der Waals surface area contributed by atoms with Crippen LogP contribution in [0.2, 0.25) is 0 Å². The minimum absolute atomic E-state index is 0.0298. The Hall–Kier alpha value is -2.11. The van der Waals surface area contributed by atoms with Crippen molar-refractivity contribution in [2.75, 3.05) is 25.9 Å². The van der Waals surface area contributed by atoms with Crippen molar-refractivity contribution in [1.29, 1.82) is 0 Å². The summed E-state index contributed by atoms with van der Waals surface area (Å²) in [5.41, 5.74) is -0.349. The van der Waals surface area contributed by atoms with Gasteiger partial charge in [-0.05, 0) is 61.4 Å². The van der Waals surface area contributed by atoms with Crippen LogP contribution in [-0.2, 0) is 16.2 Å². The van der Waals surface area contributed by atoms with Crippen molar-refractivity contribution >= 4 is 27.7 Å². The first kappa shape index (κ1) is 23.6. The second-order valence-electron chi connectivity index (χ2n) is 7.17. The number of halogens is 3. The Kier molecular flexibility index (Phi) is 7.28. The van der Waals surface area contributed by atoms with Crippen LogP contribution in [0.1, 0.15) is 28.8 Å². The number of aromatic nitrogens is 1. The van der Waals surface area contributed by atoms with Gasteiger partial charge in [-0.1, -0.05) is 0 Å². The summed E-state index contributed by atoms with van der Waals surface area (Å²) in [7, 11) is -3.91. The number of pyridine rings is 1. The number of carbonyl (C=O) groups is 1. The highest BCUT2D eigenvalue weighted by Crippen LogP contribution is 2.30. The molecule has 2 heterocycles. The fourth-order valence-corrected chi connectivity index (χ4v) is 5.02. The Bertz CT molecular complexity index is 1020. The van der Waals surface area contributed by atoms with Crippen molar-refractivity contribution < 1.29 is 26.4 Å². The molecule has 0 saturated carbocycles. The highest BCUT2D eigenvalue weighted by atomic mass is 32.2. The first-order chi connectivity index (χ1) is 14.6. The average molecular weight is 474 g/mol. The van der Waals surface area contributed by atoms with Crippen LogP contribution in [0.25, 0.3) is 0 Å². The Morgan fingerprint density at radius 3 is 2.42 bits per heavy atom. The Balaban J connectivity index is 1.54. The maximum atomic E-state index is 12.8. The number of hydrogen-bond acceptors (Lipinski definition) is 5. The largest absolute Gasteiger partial charge is 0.416 e. The molecule has 0 unspecified atom stereocenters. The van der Waals surface area contributed by atoms with Gasteiger partial charge in [-0.2, -0.15) is 13.2 Å². The van der Waals surface area contributed by atoms with E-state index in [1.807, 2.05) is 6.26 Å². The molecule has 1 aliphatic rings. The molecule has 0 radical (unpaired) electrons. The third-order valence-corrected chi connectivity index (χ3v) is 7.30. The van der Waals surface area contributed by atoms with Gasteiger partial charge in [-0.3, -0.25) is 4.79 Å². The van der Waals surface area contributed by atoms with Crippen molar-refractivity contribution in [3.05, 3.63) is 53.7 Å². The molecule has 11 heteroatoms. The topological polar surface area (TPSA) is 79.4 Å². The van der Waals surface area contributed by atoms with E-state index < -0.39 is 21.8 Å².